The van der Waals surface area contributed by atoms with E-state index in [4.69, 9.17) is 9.62 Å². The van der Waals surface area contributed by atoms with Crippen molar-refractivity contribution in [2.45, 2.75) is 110 Å². The molecule has 0 aromatic heterocycles. The number of carbonyl (C=O) groups excluding carboxylic acids is 1. The second-order valence-electron chi connectivity index (χ2n) is 7.20. The Morgan fingerprint density at radius 2 is 1.61 bits per heavy atom. The van der Waals surface area contributed by atoms with Crippen molar-refractivity contribution in [1.29, 1.82) is 0 Å². The van der Waals surface area contributed by atoms with Gasteiger partial charge in [0, 0.05) is 6.42 Å². The summed E-state index contributed by atoms with van der Waals surface area (Å²) in [7, 11) is 0. The SMILES string of the molecule is CCCCCCC(CCCC)(OO)C(=O)OC(C)(C)CC(C)O. The molecule has 0 heterocycles. The minimum absolute atomic E-state index is 0.337. The van der Waals surface area contributed by atoms with Gasteiger partial charge in [-0.1, -0.05) is 46.0 Å². The van der Waals surface area contributed by atoms with Crippen LogP contribution in [0.15, 0.2) is 0 Å². The van der Waals surface area contributed by atoms with Crippen LogP contribution in [-0.4, -0.2) is 33.6 Å². The van der Waals surface area contributed by atoms with Gasteiger partial charge in [0.25, 0.3) is 0 Å². The van der Waals surface area contributed by atoms with E-state index in [9.17, 15) is 15.2 Å². The molecule has 0 fully saturated rings. The molecular formula is C18H36O5. The molecule has 0 spiro atoms. The molecule has 0 aliphatic carbocycles. The molecule has 0 saturated heterocycles. The first-order valence-corrected chi connectivity index (χ1v) is 8.97. The summed E-state index contributed by atoms with van der Waals surface area (Å²) in [4.78, 5) is 17.4. The van der Waals surface area contributed by atoms with Crippen LogP contribution in [0.3, 0.4) is 0 Å². The molecule has 5 heteroatoms. The molecule has 5 nitrogen and oxygen atoms in total. The highest BCUT2D eigenvalue weighted by atomic mass is 17.1. The molecule has 0 radical (unpaired) electrons. The molecule has 0 aliphatic heterocycles. The van der Waals surface area contributed by atoms with Crippen LogP contribution in [0.25, 0.3) is 0 Å². The van der Waals surface area contributed by atoms with Crippen LogP contribution in [0, 0.1) is 0 Å². The minimum atomic E-state index is -1.29. The second kappa shape index (κ2) is 11.0. The monoisotopic (exact) mass is 332 g/mol. The number of carbonyl (C=O) groups is 1. The van der Waals surface area contributed by atoms with Crippen LogP contribution in [-0.2, 0) is 14.4 Å². The Morgan fingerprint density at radius 3 is 2.09 bits per heavy atom. The van der Waals surface area contributed by atoms with E-state index in [2.05, 4.69) is 6.92 Å². The van der Waals surface area contributed by atoms with Crippen LogP contribution >= 0.6 is 0 Å². The molecule has 2 N–H and O–H groups in total. The lowest BCUT2D eigenvalue weighted by atomic mass is 9.89. The molecule has 0 aliphatic rings. The smallest absolute Gasteiger partial charge is 0.342 e. The van der Waals surface area contributed by atoms with Crippen molar-refractivity contribution in [3.8, 4) is 0 Å². The predicted molar refractivity (Wildman–Crippen MR) is 91.2 cm³/mol. The fourth-order valence-electron chi connectivity index (χ4n) is 2.85. The molecule has 23 heavy (non-hydrogen) atoms. The maximum atomic E-state index is 12.7. The normalized spacial score (nSPS) is 16.0. The predicted octanol–water partition coefficient (Wildman–Crippen LogP) is 4.47. The summed E-state index contributed by atoms with van der Waals surface area (Å²) in [6.07, 6.45) is 6.35. The van der Waals surface area contributed by atoms with Gasteiger partial charge in [0.05, 0.1) is 6.10 Å². The number of rotatable bonds is 13. The van der Waals surface area contributed by atoms with Crippen molar-refractivity contribution in [3.63, 3.8) is 0 Å². The first kappa shape index (κ1) is 22.4. The van der Waals surface area contributed by atoms with Crippen LogP contribution in [0.1, 0.15) is 92.4 Å². The van der Waals surface area contributed by atoms with Crippen molar-refractivity contribution in [1.82, 2.24) is 0 Å². The Bertz CT molecular complexity index is 327. The molecule has 2 unspecified atom stereocenters. The topological polar surface area (TPSA) is 76.0 Å². The summed E-state index contributed by atoms with van der Waals surface area (Å²) in [6, 6.07) is 0. The summed E-state index contributed by atoms with van der Waals surface area (Å²) in [5.74, 6) is -0.532. The highest BCUT2D eigenvalue weighted by Crippen LogP contribution is 2.30. The van der Waals surface area contributed by atoms with Gasteiger partial charge in [-0.15, -0.1) is 0 Å². The zero-order chi connectivity index (χ0) is 17.9. The lowest BCUT2D eigenvalue weighted by Crippen LogP contribution is -2.46. The quantitative estimate of drug-likeness (QED) is 0.225. The Balaban J connectivity index is 4.96. The number of aliphatic hydroxyl groups is 1. The van der Waals surface area contributed by atoms with Crippen LogP contribution in [0.5, 0.6) is 0 Å². The molecule has 0 bridgehead atoms. The summed E-state index contributed by atoms with van der Waals surface area (Å²) in [6.45, 7) is 9.34. The number of ether oxygens (including phenoxy) is 1. The van der Waals surface area contributed by atoms with Gasteiger partial charge in [-0.05, 0) is 40.0 Å². The maximum absolute atomic E-state index is 12.7. The fourth-order valence-corrected chi connectivity index (χ4v) is 2.85. The fraction of sp³-hybridized carbons (Fsp3) is 0.944. The first-order valence-electron chi connectivity index (χ1n) is 8.97. The van der Waals surface area contributed by atoms with Gasteiger partial charge in [0.2, 0.25) is 0 Å². The van der Waals surface area contributed by atoms with E-state index >= 15 is 0 Å². The third-order valence-electron chi connectivity index (χ3n) is 4.07. The van der Waals surface area contributed by atoms with Gasteiger partial charge in [-0.25, -0.2) is 9.68 Å². The van der Waals surface area contributed by atoms with Gasteiger partial charge >= 0.3 is 5.97 Å². The van der Waals surface area contributed by atoms with Crippen molar-refractivity contribution < 1.29 is 24.8 Å². The third kappa shape index (κ3) is 8.68. The largest absolute Gasteiger partial charge is 0.457 e. The average molecular weight is 332 g/mol. The third-order valence-corrected chi connectivity index (χ3v) is 4.07. The molecule has 2 atom stereocenters. The van der Waals surface area contributed by atoms with Gasteiger partial charge in [-0.2, -0.15) is 0 Å². The Labute approximate surface area is 141 Å². The van der Waals surface area contributed by atoms with E-state index in [-0.39, 0.29) is 0 Å². The summed E-state index contributed by atoms with van der Waals surface area (Å²) < 4.78 is 5.58. The van der Waals surface area contributed by atoms with Crippen molar-refractivity contribution in [2.24, 2.45) is 0 Å². The highest BCUT2D eigenvalue weighted by molar-refractivity contribution is 5.79. The minimum Gasteiger partial charge on any atom is -0.457 e. The number of unbranched alkanes of at least 4 members (excludes halogenated alkanes) is 4. The summed E-state index contributed by atoms with van der Waals surface area (Å²) in [5, 5.41) is 19.0. The number of hydrogen-bond donors (Lipinski definition) is 2. The first-order chi connectivity index (χ1) is 10.7. The lowest BCUT2D eigenvalue weighted by Gasteiger charge is -2.34. The molecule has 0 saturated carbocycles. The highest BCUT2D eigenvalue weighted by Gasteiger charge is 2.43. The van der Waals surface area contributed by atoms with Gasteiger partial charge in [0.15, 0.2) is 5.60 Å². The zero-order valence-corrected chi connectivity index (χ0v) is 15.6. The van der Waals surface area contributed by atoms with Crippen molar-refractivity contribution >= 4 is 5.97 Å². The number of aliphatic hydroxyl groups excluding tert-OH is 1. The molecule has 0 amide bonds. The van der Waals surface area contributed by atoms with Gasteiger partial charge in [0.1, 0.15) is 5.60 Å². The van der Waals surface area contributed by atoms with Crippen LogP contribution in [0.2, 0.25) is 0 Å². The van der Waals surface area contributed by atoms with Gasteiger partial charge in [-0.3, -0.25) is 5.26 Å². The van der Waals surface area contributed by atoms with E-state index < -0.39 is 23.3 Å². The molecule has 138 valence electrons. The van der Waals surface area contributed by atoms with E-state index in [0.717, 1.165) is 38.5 Å². The molecular weight excluding hydrogens is 296 g/mol. The second-order valence-corrected chi connectivity index (χ2v) is 7.20. The summed E-state index contributed by atoms with van der Waals surface area (Å²) >= 11 is 0. The van der Waals surface area contributed by atoms with Gasteiger partial charge < -0.3 is 9.84 Å². The van der Waals surface area contributed by atoms with E-state index in [1.165, 1.54) is 0 Å². The lowest BCUT2D eigenvalue weighted by molar-refractivity contribution is -0.324. The van der Waals surface area contributed by atoms with Crippen LogP contribution in [0.4, 0.5) is 0 Å². The maximum Gasteiger partial charge on any atom is 0.342 e. The Hall–Kier alpha value is -0.650. The van der Waals surface area contributed by atoms with Crippen LogP contribution < -0.4 is 0 Å². The van der Waals surface area contributed by atoms with Crippen molar-refractivity contribution in [2.75, 3.05) is 0 Å². The van der Waals surface area contributed by atoms with Crippen molar-refractivity contribution in [3.05, 3.63) is 0 Å². The average Bonchev–Trinajstić information content (AvgIpc) is 2.45. The molecule has 0 rings (SSSR count). The summed E-state index contributed by atoms with van der Waals surface area (Å²) in [5.41, 5.74) is -2.09. The van der Waals surface area contributed by atoms with E-state index in [1.54, 1.807) is 20.8 Å². The van der Waals surface area contributed by atoms with E-state index in [1.807, 2.05) is 6.92 Å². The standard InChI is InChI=1S/C18H36O5/c1-6-8-10-11-13-18(23-21,12-9-7-2)16(20)22-17(4,5)14-15(3)19/h15,19,21H,6-14H2,1-5H3. The Kier molecular flexibility index (Phi) is 10.7. The Morgan fingerprint density at radius 1 is 1.04 bits per heavy atom. The molecule has 0 aromatic rings. The number of esters is 1. The number of hydrogen-bond acceptors (Lipinski definition) is 5. The zero-order valence-electron chi connectivity index (χ0n) is 15.6. The molecule has 0 aromatic carbocycles. The van der Waals surface area contributed by atoms with E-state index in [0.29, 0.717) is 19.3 Å².